The van der Waals surface area contributed by atoms with Crippen molar-refractivity contribution in [1.82, 2.24) is 0 Å². The Kier molecular flexibility index (Phi) is 5.46. The van der Waals surface area contributed by atoms with E-state index in [4.69, 9.17) is 9.94 Å². The topological polar surface area (TPSA) is 88.0 Å². The molecular weight excluding hydrogens is 296 g/mol. The molecule has 1 amide bonds. The van der Waals surface area contributed by atoms with Crippen molar-refractivity contribution in [3.05, 3.63) is 65.7 Å². The van der Waals surface area contributed by atoms with Crippen LogP contribution in [-0.2, 0) is 9.53 Å². The number of nitrogens with zero attached hydrogens (tertiary/aromatic N) is 1. The van der Waals surface area contributed by atoms with Crippen LogP contribution >= 0.6 is 0 Å². The lowest BCUT2D eigenvalue weighted by Crippen LogP contribution is -2.17. The Labute approximate surface area is 133 Å². The van der Waals surface area contributed by atoms with Crippen LogP contribution in [-0.4, -0.2) is 29.4 Å². The van der Waals surface area contributed by atoms with Gasteiger partial charge in [-0.2, -0.15) is 0 Å². The van der Waals surface area contributed by atoms with Crippen LogP contribution in [0.1, 0.15) is 22.8 Å². The van der Waals surface area contributed by atoms with Gasteiger partial charge < -0.3 is 15.3 Å². The molecule has 6 nitrogen and oxygen atoms in total. The molecule has 0 saturated heterocycles. The SMILES string of the molecule is CC(=O)Nc1ccccc1C(=O)OC/C(=N/O)c1ccccc1. The fraction of sp³-hybridized carbons (Fsp3) is 0.118. The molecule has 0 aliphatic carbocycles. The van der Waals surface area contributed by atoms with E-state index in [2.05, 4.69) is 10.5 Å². The summed E-state index contributed by atoms with van der Waals surface area (Å²) in [6, 6.07) is 15.4. The number of amides is 1. The second-order valence-corrected chi connectivity index (χ2v) is 4.72. The van der Waals surface area contributed by atoms with Crippen molar-refractivity contribution in [3.63, 3.8) is 0 Å². The monoisotopic (exact) mass is 312 g/mol. The van der Waals surface area contributed by atoms with Crippen molar-refractivity contribution < 1.29 is 19.5 Å². The third-order valence-electron chi connectivity index (χ3n) is 3.03. The lowest BCUT2D eigenvalue weighted by Gasteiger charge is -2.10. The highest BCUT2D eigenvalue weighted by Gasteiger charge is 2.15. The highest BCUT2D eigenvalue weighted by molar-refractivity contribution is 6.04. The van der Waals surface area contributed by atoms with E-state index in [1.165, 1.54) is 6.92 Å². The number of anilines is 1. The molecule has 0 aliphatic rings. The first-order valence-electron chi connectivity index (χ1n) is 6.92. The minimum Gasteiger partial charge on any atom is -0.455 e. The van der Waals surface area contributed by atoms with Gasteiger partial charge in [-0.15, -0.1) is 0 Å². The Bertz CT molecular complexity index is 726. The van der Waals surface area contributed by atoms with Crippen molar-refractivity contribution >= 4 is 23.3 Å². The van der Waals surface area contributed by atoms with Gasteiger partial charge >= 0.3 is 5.97 Å². The molecule has 6 heteroatoms. The van der Waals surface area contributed by atoms with Crippen molar-refractivity contribution in [2.75, 3.05) is 11.9 Å². The minimum absolute atomic E-state index is 0.187. The van der Waals surface area contributed by atoms with E-state index in [0.717, 1.165) is 0 Å². The normalized spacial score (nSPS) is 10.9. The average molecular weight is 312 g/mol. The number of hydrogen-bond acceptors (Lipinski definition) is 5. The third kappa shape index (κ3) is 4.41. The van der Waals surface area contributed by atoms with Crippen molar-refractivity contribution in [3.8, 4) is 0 Å². The summed E-state index contributed by atoms with van der Waals surface area (Å²) in [5.41, 5.74) is 1.48. The number of esters is 1. The summed E-state index contributed by atoms with van der Waals surface area (Å²) in [6.45, 7) is 1.17. The summed E-state index contributed by atoms with van der Waals surface area (Å²) >= 11 is 0. The average Bonchev–Trinajstić information content (AvgIpc) is 2.56. The van der Waals surface area contributed by atoms with Crippen LogP contribution in [0.3, 0.4) is 0 Å². The van der Waals surface area contributed by atoms with Gasteiger partial charge in [0.15, 0.2) is 0 Å². The van der Waals surface area contributed by atoms with Gasteiger partial charge in [0.1, 0.15) is 12.3 Å². The Morgan fingerprint density at radius 1 is 1.09 bits per heavy atom. The first-order chi connectivity index (χ1) is 11.1. The van der Waals surface area contributed by atoms with Gasteiger partial charge in [-0.25, -0.2) is 4.79 Å². The lowest BCUT2D eigenvalue weighted by atomic mass is 10.1. The molecule has 0 unspecified atom stereocenters. The summed E-state index contributed by atoms with van der Waals surface area (Å²) < 4.78 is 5.18. The maximum atomic E-state index is 12.2. The van der Waals surface area contributed by atoms with Crippen LogP contribution in [0.25, 0.3) is 0 Å². The smallest absolute Gasteiger partial charge is 0.340 e. The van der Waals surface area contributed by atoms with Gasteiger partial charge in [-0.3, -0.25) is 4.79 Å². The van der Waals surface area contributed by atoms with E-state index >= 15 is 0 Å². The van der Waals surface area contributed by atoms with Crippen LogP contribution in [0.4, 0.5) is 5.69 Å². The number of oxime groups is 1. The molecule has 0 radical (unpaired) electrons. The predicted octanol–water partition coefficient (Wildman–Crippen LogP) is 2.68. The maximum absolute atomic E-state index is 12.2. The summed E-state index contributed by atoms with van der Waals surface area (Å²) in [6.07, 6.45) is 0. The van der Waals surface area contributed by atoms with Gasteiger partial charge in [0.05, 0.1) is 11.3 Å². The number of hydrogen-bond donors (Lipinski definition) is 2. The van der Waals surface area contributed by atoms with Gasteiger partial charge in [0.2, 0.25) is 5.91 Å². The first kappa shape index (κ1) is 16.2. The molecule has 0 aromatic heterocycles. The highest BCUT2D eigenvalue weighted by Crippen LogP contribution is 2.16. The van der Waals surface area contributed by atoms with Gasteiger partial charge in [-0.1, -0.05) is 47.6 Å². The highest BCUT2D eigenvalue weighted by atomic mass is 16.5. The summed E-state index contributed by atoms with van der Waals surface area (Å²) in [7, 11) is 0. The van der Waals surface area contributed by atoms with Crippen LogP contribution in [0.2, 0.25) is 0 Å². The molecule has 2 rings (SSSR count). The van der Waals surface area contributed by atoms with Crippen LogP contribution in [0, 0.1) is 0 Å². The molecule has 0 aliphatic heterocycles. The second-order valence-electron chi connectivity index (χ2n) is 4.72. The zero-order valence-corrected chi connectivity index (χ0v) is 12.5. The molecule has 2 aromatic rings. The Balaban J connectivity index is 2.09. The number of benzene rings is 2. The van der Waals surface area contributed by atoms with Crippen molar-refractivity contribution in [2.24, 2.45) is 5.16 Å². The number of carbonyl (C=O) groups is 2. The van der Waals surface area contributed by atoms with Gasteiger partial charge in [-0.05, 0) is 12.1 Å². The molecule has 0 atom stereocenters. The standard InChI is InChI=1S/C17H16N2O4/c1-12(20)18-15-10-6-5-9-14(15)17(21)23-11-16(19-22)13-7-3-2-4-8-13/h2-10,22H,11H2,1H3,(H,18,20)/b19-16-. The molecule has 0 heterocycles. The molecule has 2 N–H and O–H groups in total. The largest absolute Gasteiger partial charge is 0.455 e. The van der Waals surface area contributed by atoms with Crippen LogP contribution in [0.15, 0.2) is 59.8 Å². The van der Waals surface area contributed by atoms with Gasteiger partial charge in [0.25, 0.3) is 0 Å². The Morgan fingerprint density at radius 3 is 2.39 bits per heavy atom. The predicted molar refractivity (Wildman–Crippen MR) is 85.8 cm³/mol. The molecular formula is C17H16N2O4. The Morgan fingerprint density at radius 2 is 1.74 bits per heavy atom. The molecule has 23 heavy (non-hydrogen) atoms. The third-order valence-corrected chi connectivity index (χ3v) is 3.03. The van der Waals surface area contributed by atoms with E-state index in [1.54, 1.807) is 48.5 Å². The van der Waals surface area contributed by atoms with E-state index in [0.29, 0.717) is 11.3 Å². The van der Waals surface area contributed by atoms with Crippen LogP contribution < -0.4 is 5.32 Å². The van der Waals surface area contributed by atoms with E-state index in [-0.39, 0.29) is 23.8 Å². The number of rotatable bonds is 5. The molecule has 0 saturated carbocycles. The quantitative estimate of drug-likeness (QED) is 0.384. The molecule has 0 bridgehead atoms. The van der Waals surface area contributed by atoms with Crippen molar-refractivity contribution in [2.45, 2.75) is 6.92 Å². The Hall–Kier alpha value is -3.15. The van der Waals surface area contributed by atoms with Gasteiger partial charge in [0, 0.05) is 12.5 Å². The number of ether oxygens (including phenoxy) is 1. The van der Waals surface area contributed by atoms with E-state index < -0.39 is 5.97 Å². The number of nitrogens with one attached hydrogen (secondary N) is 1. The summed E-state index contributed by atoms with van der Waals surface area (Å²) in [4.78, 5) is 23.4. The van der Waals surface area contributed by atoms with Crippen LogP contribution in [0.5, 0.6) is 0 Å². The van der Waals surface area contributed by atoms with E-state index in [1.807, 2.05) is 6.07 Å². The lowest BCUT2D eigenvalue weighted by molar-refractivity contribution is -0.114. The molecule has 2 aromatic carbocycles. The van der Waals surface area contributed by atoms with E-state index in [9.17, 15) is 9.59 Å². The second kappa shape index (κ2) is 7.74. The maximum Gasteiger partial charge on any atom is 0.340 e. The zero-order chi connectivity index (χ0) is 16.7. The zero-order valence-electron chi connectivity index (χ0n) is 12.5. The van der Waals surface area contributed by atoms with Crippen molar-refractivity contribution in [1.29, 1.82) is 0 Å². The molecule has 118 valence electrons. The first-order valence-corrected chi connectivity index (χ1v) is 6.92. The fourth-order valence-corrected chi connectivity index (χ4v) is 1.97. The minimum atomic E-state index is -0.619. The molecule has 0 spiro atoms. The fourth-order valence-electron chi connectivity index (χ4n) is 1.97. The number of carbonyl (C=O) groups excluding carboxylic acids is 2. The summed E-state index contributed by atoms with van der Waals surface area (Å²) in [5.74, 6) is -0.904. The molecule has 0 fully saturated rings. The summed E-state index contributed by atoms with van der Waals surface area (Å²) in [5, 5.41) is 14.8. The number of para-hydroxylation sites is 1.